The number of thiophene rings is 2. The fourth-order valence-electron chi connectivity index (χ4n) is 3.54. The maximum atomic E-state index is 4.23. The lowest BCUT2D eigenvalue weighted by Gasteiger charge is -2.33. The number of rotatable bonds is 2. The van der Waals surface area contributed by atoms with Crippen molar-refractivity contribution >= 4 is 34.7 Å². The van der Waals surface area contributed by atoms with E-state index >= 15 is 0 Å². The van der Waals surface area contributed by atoms with Crippen molar-refractivity contribution in [3.8, 4) is 0 Å². The van der Waals surface area contributed by atoms with Gasteiger partial charge in [-0.15, -0.1) is 0 Å². The molecule has 0 saturated carbocycles. The molecule has 0 saturated heterocycles. The highest BCUT2D eigenvalue weighted by Gasteiger charge is 2.34. The van der Waals surface area contributed by atoms with Gasteiger partial charge in [0.15, 0.2) is 0 Å². The van der Waals surface area contributed by atoms with E-state index < -0.39 is 0 Å². The lowest BCUT2D eigenvalue weighted by molar-refractivity contribution is 0.525. The number of anilines is 1. The third-order valence-electron chi connectivity index (χ3n) is 4.58. The first-order valence-electron chi connectivity index (χ1n) is 7.93. The van der Waals surface area contributed by atoms with Crippen molar-refractivity contribution in [3.63, 3.8) is 0 Å². The second kappa shape index (κ2) is 5.68. The Bertz CT molecular complexity index is 918. The highest BCUT2D eigenvalue weighted by Crippen LogP contribution is 2.43. The Morgan fingerprint density at radius 2 is 2.08 bits per heavy atom. The molecule has 1 aliphatic carbocycles. The zero-order chi connectivity index (χ0) is 15.9. The van der Waals surface area contributed by atoms with Gasteiger partial charge in [0.25, 0.3) is 0 Å². The number of tetrazole rings is 1. The van der Waals surface area contributed by atoms with Gasteiger partial charge in [-0.1, -0.05) is 5.10 Å². The minimum absolute atomic E-state index is 0.101. The minimum atomic E-state index is 0.101. The molecule has 0 amide bonds. The van der Waals surface area contributed by atoms with Crippen molar-refractivity contribution in [2.24, 2.45) is 0 Å². The van der Waals surface area contributed by atoms with Crippen molar-refractivity contribution in [1.82, 2.24) is 20.2 Å². The van der Waals surface area contributed by atoms with Crippen LogP contribution in [0.3, 0.4) is 0 Å². The van der Waals surface area contributed by atoms with Gasteiger partial charge >= 0.3 is 0 Å². The molecular weight excluding hydrogens is 338 g/mol. The smallest absolute Gasteiger partial charge is 0.248 e. The van der Waals surface area contributed by atoms with Crippen LogP contribution in [0.4, 0.5) is 5.95 Å². The Morgan fingerprint density at radius 1 is 1.17 bits per heavy atom. The molecule has 2 aliphatic rings. The summed E-state index contributed by atoms with van der Waals surface area (Å²) in [6, 6.07) is 4.44. The average molecular weight is 353 g/mol. The maximum Gasteiger partial charge on any atom is 0.248 e. The summed E-state index contributed by atoms with van der Waals surface area (Å²) in [4.78, 5) is 0. The molecule has 0 bridgehead atoms. The molecule has 0 radical (unpaired) electrons. The largest absolute Gasteiger partial charge is 0.323 e. The van der Waals surface area contributed by atoms with E-state index in [2.05, 4.69) is 60.6 Å². The Hall–Kier alpha value is -2.25. The van der Waals surface area contributed by atoms with Gasteiger partial charge in [0, 0.05) is 5.70 Å². The van der Waals surface area contributed by atoms with Crippen molar-refractivity contribution in [2.45, 2.75) is 25.3 Å². The lowest BCUT2D eigenvalue weighted by atomic mass is 9.84. The van der Waals surface area contributed by atoms with E-state index in [9.17, 15) is 0 Å². The van der Waals surface area contributed by atoms with E-state index in [1.54, 1.807) is 22.7 Å². The molecule has 1 aliphatic heterocycles. The number of aromatic nitrogens is 4. The first-order valence-corrected chi connectivity index (χ1v) is 9.82. The van der Waals surface area contributed by atoms with Crippen LogP contribution >= 0.6 is 22.7 Å². The highest BCUT2D eigenvalue weighted by molar-refractivity contribution is 7.08. The molecule has 3 aromatic heterocycles. The molecule has 5 nitrogen and oxygen atoms in total. The van der Waals surface area contributed by atoms with Gasteiger partial charge in [-0.05, 0) is 91.7 Å². The predicted molar refractivity (Wildman–Crippen MR) is 97.1 cm³/mol. The van der Waals surface area contributed by atoms with E-state index in [-0.39, 0.29) is 6.04 Å². The van der Waals surface area contributed by atoms with Gasteiger partial charge < -0.3 is 5.32 Å². The molecule has 4 heterocycles. The number of hydrogen-bond acceptors (Lipinski definition) is 6. The Labute approximate surface area is 147 Å². The van der Waals surface area contributed by atoms with Crippen LogP contribution in [0.5, 0.6) is 0 Å². The monoisotopic (exact) mass is 353 g/mol. The fraction of sp³-hybridized carbons (Fsp3) is 0.235. The van der Waals surface area contributed by atoms with E-state index in [0.717, 1.165) is 25.2 Å². The van der Waals surface area contributed by atoms with E-state index in [1.165, 1.54) is 28.0 Å². The number of nitrogens with one attached hydrogen (secondary N) is 1. The zero-order valence-corrected chi connectivity index (χ0v) is 14.5. The third kappa shape index (κ3) is 2.23. The SMILES string of the molecule is C(=C1/CCCC2=C1Nc1nnnn1[C@@H]2c1ccsc1)/c1ccsc1. The summed E-state index contributed by atoms with van der Waals surface area (Å²) in [5, 5.41) is 24.4. The molecule has 0 aromatic carbocycles. The first-order chi connectivity index (χ1) is 11.9. The Balaban J connectivity index is 1.67. The van der Waals surface area contributed by atoms with Crippen LogP contribution in [-0.4, -0.2) is 20.2 Å². The molecule has 120 valence electrons. The summed E-state index contributed by atoms with van der Waals surface area (Å²) in [5.74, 6) is 0.725. The van der Waals surface area contributed by atoms with Gasteiger partial charge in [0.1, 0.15) is 6.04 Å². The van der Waals surface area contributed by atoms with Crippen LogP contribution in [0.15, 0.2) is 50.5 Å². The number of allylic oxidation sites excluding steroid dienone is 2. The Morgan fingerprint density at radius 3 is 2.92 bits per heavy atom. The first kappa shape index (κ1) is 14.1. The highest BCUT2D eigenvalue weighted by atomic mass is 32.1. The fourth-order valence-corrected chi connectivity index (χ4v) is 4.84. The number of fused-ring (bicyclic) bond motifs is 1. The van der Waals surface area contributed by atoms with E-state index in [0.29, 0.717) is 0 Å². The second-order valence-electron chi connectivity index (χ2n) is 6.01. The number of hydrogen-bond donors (Lipinski definition) is 1. The van der Waals surface area contributed by atoms with Crippen LogP contribution in [0.2, 0.25) is 0 Å². The quantitative estimate of drug-likeness (QED) is 0.745. The maximum absolute atomic E-state index is 4.23. The van der Waals surface area contributed by atoms with Gasteiger partial charge in [-0.3, -0.25) is 0 Å². The minimum Gasteiger partial charge on any atom is -0.323 e. The molecule has 1 atom stereocenters. The lowest BCUT2D eigenvalue weighted by Crippen LogP contribution is -2.28. The molecular formula is C17H15N5S2. The summed E-state index contributed by atoms with van der Waals surface area (Å²) < 4.78 is 1.91. The summed E-state index contributed by atoms with van der Waals surface area (Å²) in [6.07, 6.45) is 5.61. The van der Waals surface area contributed by atoms with E-state index in [4.69, 9.17) is 0 Å². The molecule has 5 rings (SSSR count). The zero-order valence-electron chi connectivity index (χ0n) is 12.8. The van der Waals surface area contributed by atoms with Crippen LogP contribution < -0.4 is 5.32 Å². The van der Waals surface area contributed by atoms with Crippen LogP contribution in [-0.2, 0) is 0 Å². The summed E-state index contributed by atoms with van der Waals surface area (Å²) in [5.41, 5.74) is 6.48. The molecule has 24 heavy (non-hydrogen) atoms. The molecule has 3 aromatic rings. The predicted octanol–water partition coefficient (Wildman–Crippen LogP) is 4.33. The second-order valence-corrected chi connectivity index (χ2v) is 7.57. The van der Waals surface area contributed by atoms with Crippen LogP contribution in [0.1, 0.15) is 36.4 Å². The normalized spacial score (nSPS) is 21.5. The van der Waals surface area contributed by atoms with Gasteiger partial charge in [-0.2, -0.15) is 27.4 Å². The van der Waals surface area contributed by atoms with Crippen LogP contribution in [0, 0.1) is 0 Å². The Kier molecular flexibility index (Phi) is 3.34. The topological polar surface area (TPSA) is 55.6 Å². The van der Waals surface area contributed by atoms with Gasteiger partial charge in [0.05, 0.1) is 0 Å². The molecule has 0 spiro atoms. The summed E-state index contributed by atoms with van der Waals surface area (Å²) in [6.45, 7) is 0. The van der Waals surface area contributed by atoms with Crippen molar-refractivity contribution in [1.29, 1.82) is 0 Å². The molecule has 0 unspecified atom stereocenters. The molecule has 0 fully saturated rings. The molecule has 7 heteroatoms. The van der Waals surface area contributed by atoms with Gasteiger partial charge in [-0.25, -0.2) is 0 Å². The van der Waals surface area contributed by atoms with E-state index in [1.807, 2.05) is 4.68 Å². The summed E-state index contributed by atoms with van der Waals surface area (Å²) in [7, 11) is 0. The summed E-state index contributed by atoms with van der Waals surface area (Å²) >= 11 is 3.45. The average Bonchev–Trinajstić information content (AvgIpc) is 3.35. The van der Waals surface area contributed by atoms with Gasteiger partial charge in [0.2, 0.25) is 5.95 Å². The molecule has 1 N–H and O–H groups in total. The van der Waals surface area contributed by atoms with Crippen LogP contribution in [0.25, 0.3) is 6.08 Å². The van der Waals surface area contributed by atoms with Crippen molar-refractivity contribution < 1.29 is 0 Å². The van der Waals surface area contributed by atoms with Crippen molar-refractivity contribution in [2.75, 3.05) is 5.32 Å². The third-order valence-corrected chi connectivity index (χ3v) is 5.98. The van der Waals surface area contributed by atoms with Crippen molar-refractivity contribution in [3.05, 3.63) is 61.6 Å². The number of nitrogens with zero attached hydrogens (tertiary/aromatic N) is 4. The standard InChI is InChI=1S/C17H15N5S2/c1-2-12(8-11-4-6-23-9-11)15-14(3-1)16(13-5-7-24-10-13)22-17(18-15)19-20-21-22/h4-10,16H,1-3H2,(H,18,19,21)/b12-8+/t16-/m1/s1.